The molecule has 0 aromatic heterocycles. The number of rotatable bonds is 5. The third-order valence-corrected chi connectivity index (χ3v) is 3.59. The van der Waals surface area contributed by atoms with Crippen molar-refractivity contribution in [3.8, 4) is 0 Å². The Labute approximate surface area is 104 Å². The molecule has 0 heterocycles. The molecule has 92 valence electrons. The molecule has 0 atom stereocenters. The van der Waals surface area contributed by atoms with Crippen LogP contribution < -0.4 is 4.90 Å². The summed E-state index contributed by atoms with van der Waals surface area (Å²) in [5, 5.41) is 0. The Morgan fingerprint density at radius 3 is 2.47 bits per heavy atom. The molecule has 1 aromatic carbocycles. The Kier molecular flexibility index (Phi) is 4.60. The van der Waals surface area contributed by atoms with Gasteiger partial charge in [-0.2, -0.15) is 0 Å². The van der Waals surface area contributed by atoms with Crippen LogP contribution in [-0.2, 0) is 4.79 Å². The highest BCUT2D eigenvalue weighted by atomic mass is 16.1. The molecule has 0 unspecified atom stereocenters. The standard InChI is InChI=1S/C15H21NO/c17-13-7-12-16(14-8-3-1-4-9-14)15-10-5-2-6-11-15/h1,3-4,8-9,13,15H,2,5-7,10-12H2. The molecule has 0 spiro atoms. The molecule has 2 rings (SSSR count). The van der Waals surface area contributed by atoms with E-state index in [1.807, 2.05) is 6.07 Å². The number of aldehydes is 1. The monoisotopic (exact) mass is 231 g/mol. The van der Waals surface area contributed by atoms with E-state index < -0.39 is 0 Å². The van der Waals surface area contributed by atoms with Gasteiger partial charge in [0.1, 0.15) is 6.29 Å². The van der Waals surface area contributed by atoms with E-state index in [1.165, 1.54) is 37.8 Å². The number of para-hydroxylation sites is 1. The number of carbonyl (C=O) groups is 1. The zero-order chi connectivity index (χ0) is 11.9. The van der Waals surface area contributed by atoms with Crippen molar-refractivity contribution >= 4 is 12.0 Å². The minimum absolute atomic E-state index is 0.630. The second-order valence-corrected chi connectivity index (χ2v) is 4.78. The highest BCUT2D eigenvalue weighted by molar-refractivity contribution is 5.53. The lowest BCUT2D eigenvalue weighted by Crippen LogP contribution is -2.37. The van der Waals surface area contributed by atoms with Crippen LogP contribution in [0, 0.1) is 0 Å². The summed E-state index contributed by atoms with van der Waals surface area (Å²) >= 11 is 0. The summed E-state index contributed by atoms with van der Waals surface area (Å²) in [6.45, 7) is 0.859. The largest absolute Gasteiger partial charge is 0.368 e. The first kappa shape index (κ1) is 12.2. The highest BCUT2D eigenvalue weighted by Crippen LogP contribution is 2.27. The van der Waals surface area contributed by atoms with Gasteiger partial charge < -0.3 is 9.69 Å². The third kappa shape index (κ3) is 3.32. The molecular formula is C15H21NO. The van der Waals surface area contributed by atoms with Crippen LogP contribution in [-0.4, -0.2) is 18.9 Å². The minimum atomic E-state index is 0.630. The quantitative estimate of drug-likeness (QED) is 0.724. The van der Waals surface area contributed by atoms with E-state index in [1.54, 1.807) is 0 Å². The number of benzene rings is 1. The van der Waals surface area contributed by atoms with E-state index in [9.17, 15) is 4.79 Å². The van der Waals surface area contributed by atoms with Gasteiger partial charge in [0.25, 0.3) is 0 Å². The first-order valence-electron chi connectivity index (χ1n) is 6.67. The van der Waals surface area contributed by atoms with E-state index in [0.29, 0.717) is 12.5 Å². The van der Waals surface area contributed by atoms with Crippen LogP contribution in [0.4, 0.5) is 5.69 Å². The fraction of sp³-hybridized carbons (Fsp3) is 0.533. The van der Waals surface area contributed by atoms with Crippen molar-refractivity contribution in [1.82, 2.24) is 0 Å². The molecule has 2 heteroatoms. The van der Waals surface area contributed by atoms with E-state index in [0.717, 1.165) is 12.8 Å². The first-order valence-corrected chi connectivity index (χ1v) is 6.67. The zero-order valence-corrected chi connectivity index (χ0v) is 10.3. The van der Waals surface area contributed by atoms with Crippen LogP contribution in [0.1, 0.15) is 38.5 Å². The van der Waals surface area contributed by atoms with Gasteiger partial charge >= 0.3 is 0 Å². The summed E-state index contributed by atoms with van der Waals surface area (Å²) < 4.78 is 0. The average Bonchev–Trinajstić information content (AvgIpc) is 2.42. The maximum absolute atomic E-state index is 10.6. The third-order valence-electron chi connectivity index (χ3n) is 3.59. The number of carbonyl (C=O) groups excluding carboxylic acids is 1. The minimum Gasteiger partial charge on any atom is -0.368 e. The second kappa shape index (κ2) is 6.43. The SMILES string of the molecule is O=CCCN(c1ccccc1)C1CCCCC1. The lowest BCUT2D eigenvalue weighted by molar-refractivity contribution is -0.107. The molecule has 0 N–H and O–H groups in total. The van der Waals surface area contributed by atoms with E-state index in [2.05, 4.69) is 29.2 Å². The lowest BCUT2D eigenvalue weighted by Gasteiger charge is -2.36. The van der Waals surface area contributed by atoms with Crippen molar-refractivity contribution in [1.29, 1.82) is 0 Å². The van der Waals surface area contributed by atoms with Crippen molar-refractivity contribution in [2.24, 2.45) is 0 Å². The Bertz CT molecular complexity index is 330. The molecule has 1 fully saturated rings. The molecule has 0 amide bonds. The molecule has 0 radical (unpaired) electrons. The Morgan fingerprint density at radius 2 is 1.82 bits per heavy atom. The van der Waals surface area contributed by atoms with Gasteiger partial charge in [0.05, 0.1) is 0 Å². The normalized spacial score (nSPS) is 16.7. The van der Waals surface area contributed by atoms with Crippen molar-refractivity contribution in [3.63, 3.8) is 0 Å². The van der Waals surface area contributed by atoms with Crippen LogP contribution in [0.25, 0.3) is 0 Å². The summed E-state index contributed by atoms with van der Waals surface area (Å²) in [5.74, 6) is 0. The predicted octanol–water partition coefficient (Wildman–Crippen LogP) is 3.41. The van der Waals surface area contributed by atoms with Gasteiger partial charge in [-0.05, 0) is 25.0 Å². The van der Waals surface area contributed by atoms with E-state index in [4.69, 9.17) is 0 Å². The molecule has 1 aromatic rings. The van der Waals surface area contributed by atoms with Crippen LogP contribution in [0.5, 0.6) is 0 Å². The highest BCUT2D eigenvalue weighted by Gasteiger charge is 2.20. The second-order valence-electron chi connectivity index (χ2n) is 4.78. The number of nitrogens with zero attached hydrogens (tertiary/aromatic N) is 1. The summed E-state index contributed by atoms with van der Waals surface area (Å²) in [7, 11) is 0. The Hall–Kier alpha value is -1.31. The van der Waals surface area contributed by atoms with Gasteiger partial charge in [-0.15, -0.1) is 0 Å². The van der Waals surface area contributed by atoms with Crippen LogP contribution in [0.2, 0.25) is 0 Å². The number of hydrogen-bond donors (Lipinski definition) is 0. The molecular weight excluding hydrogens is 210 g/mol. The van der Waals surface area contributed by atoms with Gasteiger partial charge in [-0.25, -0.2) is 0 Å². The van der Waals surface area contributed by atoms with Gasteiger partial charge in [0.2, 0.25) is 0 Å². The van der Waals surface area contributed by atoms with Crippen molar-refractivity contribution in [2.75, 3.05) is 11.4 Å². The Balaban J connectivity index is 2.09. The average molecular weight is 231 g/mol. The van der Waals surface area contributed by atoms with Gasteiger partial charge in [0, 0.05) is 24.7 Å². The maximum Gasteiger partial charge on any atom is 0.121 e. The molecule has 1 aliphatic rings. The first-order chi connectivity index (χ1) is 8.42. The van der Waals surface area contributed by atoms with Crippen molar-refractivity contribution in [2.45, 2.75) is 44.6 Å². The molecule has 17 heavy (non-hydrogen) atoms. The molecule has 0 aliphatic heterocycles. The summed E-state index contributed by atoms with van der Waals surface area (Å²) in [6.07, 6.45) is 8.22. The van der Waals surface area contributed by atoms with Crippen molar-refractivity contribution < 1.29 is 4.79 Å². The summed E-state index contributed by atoms with van der Waals surface area (Å²) in [5.41, 5.74) is 1.27. The van der Waals surface area contributed by atoms with E-state index in [-0.39, 0.29) is 0 Å². The molecule has 1 aliphatic carbocycles. The smallest absolute Gasteiger partial charge is 0.121 e. The summed E-state index contributed by atoms with van der Waals surface area (Å²) in [4.78, 5) is 13.0. The van der Waals surface area contributed by atoms with Gasteiger partial charge in [-0.1, -0.05) is 37.5 Å². The summed E-state index contributed by atoms with van der Waals surface area (Å²) in [6, 6.07) is 11.1. The van der Waals surface area contributed by atoms with Gasteiger partial charge in [-0.3, -0.25) is 0 Å². The molecule has 1 saturated carbocycles. The fourth-order valence-electron chi connectivity index (χ4n) is 2.73. The predicted molar refractivity (Wildman–Crippen MR) is 71.3 cm³/mol. The topological polar surface area (TPSA) is 20.3 Å². The van der Waals surface area contributed by atoms with Gasteiger partial charge in [0.15, 0.2) is 0 Å². The lowest BCUT2D eigenvalue weighted by atomic mass is 9.93. The number of hydrogen-bond acceptors (Lipinski definition) is 2. The Morgan fingerprint density at radius 1 is 1.12 bits per heavy atom. The molecule has 2 nitrogen and oxygen atoms in total. The van der Waals surface area contributed by atoms with Crippen LogP contribution >= 0.6 is 0 Å². The van der Waals surface area contributed by atoms with Crippen LogP contribution in [0.3, 0.4) is 0 Å². The zero-order valence-electron chi connectivity index (χ0n) is 10.3. The number of anilines is 1. The van der Waals surface area contributed by atoms with Crippen LogP contribution in [0.15, 0.2) is 30.3 Å². The molecule has 0 saturated heterocycles. The van der Waals surface area contributed by atoms with E-state index >= 15 is 0 Å². The maximum atomic E-state index is 10.6. The van der Waals surface area contributed by atoms with Crippen molar-refractivity contribution in [3.05, 3.63) is 30.3 Å². The molecule has 0 bridgehead atoms. The fourth-order valence-corrected chi connectivity index (χ4v) is 2.73.